The molecule has 0 fully saturated rings. The third kappa shape index (κ3) is 6.36. The lowest BCUT2D eigenvalue weighted by atomic mass is 10.1. The fraction of sp³-hybridized carbons (Fsp3) is 0.333. The lowest BCUT2D eigenvalue weighted by Gasteiger charge is -2.29. The van der Waals surface area contributed by atoms with Crippen LogP contribution in [0.2, 0.25) is 5.02 Å². The minimum Gasteiger partial charge on any atom is -0.354 e. The molecule has 0 aliphatic heterocycles. The average molecular weight is 391 g/mol. The first-order valence-corrected chi connectivity index (χ1v) is 9.34. The molecule has 4 nitrogen and oxygen atoms in total. The maximum Gasteiger partial charge on any atom is 0.242 e. The Balaban J connectivity index is 2.18. The van der Waals surface area contributed by atoms with E-state index in [2.05, 4.69) is 5.32 Å². The minimum atomic E-state index is -0.625. The zero-order chi connectivity index (χ0) is 19.8. The molecule has 0 aliphatic carbocycles. The van der Waals surface area contributed by atoms with Crippen LogP contribution in [0.1, 0.15) is 31.4 Å². The van der Waals surface area contributed by atoms with Gasteiger partial charge in [0.25, 0.3) is 0 Å². The number of benzene rings is 2. The normalized spacial score (nSPS) is 11.7. The van der Waals surface area contributed by atoms with Crippen molar-refractivity contribution in [2.75, 3.05) is 6.54 Å². The molecule has 0 saturated heterocycles. The van der Waals surface area contributed by atoms with Crippen molar-refractivity contribution < 1.29 is 14.0 Å². The number of halogens is 2. The van der Waals surface area contributed by atoms with Crippen LogP contribution in [0.4, 0.5) is 4.39 Å². The second kappa shape index (κ2) is 10.1. The van der Waals surface area contributed by atoms with Gasteiger partial charge in [-0.05, 0) is 48.7 Å². The summed E-state index contributed by atoms with van der Waals surface area (Å²) in [5.74, 6) is -0.745. The molecule has 27 heavy (non-hydrogen) atoms. The van der Waals surface area contributed by atoms with Gasteiger partial charge in [-0.25, -0.2) is 4.39 Å². The third-order valence-electron chi connectivity index (χ3n) is 4.25. The summed E-state index contributed by atoms with van der Waals surface area (Å²) < 4.78 is 13.1. The molecule has 1 atom stereocenters. The first-order chi connectivity index (χ1) is 12.9. The lowest BCUT2D eigenvalue weighted by molar-refractivity contribution is -0.140. The number of carbonyl (C=O) groups excluding carboxylic acids is 2. The molecule has 2 rings (SSSR count). The fourth-order valence-corrected chi connectivity index (χ4v) is 2.77. The molecule has 0 radical (unpaired) electrons. The Morgan fingerprint density at radius 1 is 1.07 bits per heavy atom. The highest BCUT2D eigenvalue weighted by Crippen LogP contribution is 2.15. The predicted octanol–water partition coefficient (Wildman–Crippen LogP) is 3.97. The summed E-state index contributed by atoms with van der Waals surface area (Å²) in [5.41, 5.74) is 1.57. The van der Waals surface area contributed by atoms with Crippen molar-refractivity contribution in [2.24, 2.45) is 0 Å². The van der Waals surface area contributed by atoms with Gasteiger partial charge in [-0.2, -0.15) is 0 Å². The smallest absolute Gasteiger partial charge is 0.242 e. The van der Waals surface area contributed by atoms with E-state index in [-0.39, 0.29) is 30.6 Å². The summed E-state index contributed by atoms with van der Waals surface area (Å²) in [6, 6.07) is 12.3. The maximum absolute atomic E-state index is 13.1. The highest BCUT2D eigenvalue weighted by molar-refractivity contribution is 6.30. The van der Waals surface area contributed by atoms with Crippen molar-refractivity contribution in [3.63, 3.8) is 0 Å². The highest BCUT2D eigenvalue weighted by Gasteiger charge is 2.26. The van der Waals surface area contributed by atoms with Gasteiger partial charge >= 0.3 is 0 Å². The third-order valence-corrected chi connectivity index (χ3v) is 4.50. The summed E-state index contributed by atoms with van der Waals surface area (Å²) in [7, 11) is 0. The molecule has 0 aliphatic rings. The Bertz CT molecular complexity index is 763. The van der Waals surface area contributed by atoms with Crippen molar-refractivity contribution in [1.82, 2.24) is 10.2 Å². The van der Waals surface area contributed by atoms with Crippen molar-refractivity contribution in [1.29, 1.82) is 0 Å². The largest absolute Gasteiger partial charge is 0.354 e. The van der Waals surface area contributed by atoms with Crippen LogP contribution in [-0.4, -0.2) is 29.3 Å². The number of hydrogen-bond donors (Lipinski definition) is 1. The summed E-state index contributed by atoms with van der Waals surface area (Å²) in [6.45, 7) is 4.53. The number of carbonyl (C=O) groups is 2. The first-order valence-electron chi connectivity index (χ1n) is 8.96. The van der Waals surface area contributed by atoms with Crippen LogP contribution in [0.25, 0.3) is 0 Å². The number of hydrogen-bond acceptors (Lipinski definition) is 2. The minimum absolute atomic E-state index is 0.0965. The van der Waals surface area contributed by atoms with Gasteiger partial charge in [-0.1, -0.05) is 42.8 Å². The fourth-order valence-electron chi connectivity index (χ4n) is 2.64. The number of nitrogens with zero attached hydrogens (tertiary/aromatic N) is 1. The van der Waals surface area contributed by atoms with Gasteiger partial charge in [-0.3, -0.25) is 9.59 Å². The van der Waals surface area contributed by atoms with E-state index in [1.54, 1.807) is 31.2 Å². The van der Waals surface area contributed by atoms with Gasteiger partial charge in [-0.15, -0.1) is 0 Å². The second-order valence-electron chi connectivity index (χ2n) is 6.42. The van der Waals surface area contributed by atoms with Crippen molar-refractivity contribution in [3.05, 3.63) is 70.5 Å². The molecular formula is C21H24ClFN2O2. The maximum atomic E-state index is 13.1. The van der Waals surface area contributed by atoms with E-state index in [9.17, 15) is 14.0 Å². The number of amides is 2. The summed E-state index contributed by atoms with van der Waals surface area (Å²) >= 11 is 5.93. The van der Waals surface area contributed by atoms with Gasteiger partial charge in [0, 0.05) is 18.1 Å². The SMILES string of the molecule is CCCNC(=O)[C@H](C)N(Cc1ccc(Cl)cc1)C(=O)Cc1ccc(F)cc1. The Labute approximate surface area is 164 Å². The van der Waals surface area contributed by atoms with Gasteiger partial charge in [0.2, 0.25) is 11.8 Å². The molecular weight excluding hydrogens is 367 g/mol. The van der Waals surface area contributed by atoms with Crippen molar-refractivity contribution in [2.45, 2.75) is 39.3 Å². The molecule has 2 aromatic carbocycles. The van der Waals surface area contributed by atoms with Gasteiger partial charge in [0.05, 0.1) is 6.42 Å². The Hall–Kier alpha value is -2.40. The quantitative estimate of drug-likeness (QED) is 0.741. The first kappa shape index (κ1) is 20.9. The van der Waals surface area contributed by atoms with E-state index in [1.165, 1.54) is 17.0 Å². The Morgan fingerprint density at radius 3 is 2.26 bits per heavy atom. The average Bonchev–Trinajstić information content (AvgIpc) is 2.66. The van der Waals surface area contributed by atoms with Crippen LogP contribution in [0, 0.1) is 5.82 Å². The zero-order valence-electron chi connectivity index (χ0n) is 15.5. The van der Waals surface area contributed by atoms with Crippen LogP contribution in [0.15, 0.2) is 48.5 Å². The molecule has 0 bridgehead atoms. The molecule has 0 saturated carbocycles. The van der Waals surface area contributed by atoms with E-state index < -0.39 is 6.04 Å². The molecule has 2 amide bonds. The zero-order valence-corrected chi connectivity index (χ0v) is 16.3. The summed E-state index contributed by atoms with van der Waals surface area (Å²) in [5, 5.41) is 3.44. The van der Waals surface area contributed by atoms with E-state index in [1.807, 2.05) is 19.1 Å². The standard InChI is InChI=1S/C21H24ClFN2O2/c1-3-12-24-21(27)15(2)25(14-17-4-8-18(22)9-5-17)20(26)13-16-6-10-19(23)11-7-16/h4-11,15H,3,12-14H2,1-2H3,(H,24,27)/t15-/m0/s1. The van der Waals surface area contributed by atoms with Crippen LogP contribution in [0.5, 0.6) is 0 Å². The van der Waals surface area contributed by atoms with Crippen LogP contribution in [-0.2, 0) is 22.6 Å². The van der Waals surface area contributed by atoms with Crippen LogP contribution >= 0.6 is 11.6 Å². The molecule has 0 heterocycles. The Kier molecular flexibility index (Phi) is 7.80. The number of nitrogens with one attached hydrogen (secondary N) is 1. The van der Waals surface area contributed by atoms with Gasteiger partial charge < -0.3 is 10.2 Å². The topological polar surface area (TPSA) is 49.4 Å². The summed E-state index contributed by atoms with van der Waals surface area (Å²) in [6.07, 6.45) is 0.915. The highest BCUT2D eigenvalue weighted by atomic mass is 35.5. The van der Waals surface area contributed by atoms with Crippen LogP contribution in [0.3, 0.4) is 0 Å². The predicted molar refractivity (Wildman–Crippen MR) is 105 cm³/mol. The van der Waals surface area contributed by atoms with Crippen LogP contribution < -0.4 is 5.32 Å². The van der Waals surface area contributed by atoms with Crippen molar-refractivity contribution in [3.8, 4) is 0 Å². The number of rotatable bonds is 8. The van der Waals surface area contributed by atoms with Crippen molar-refractivity contribution >= 4 is 23.4 Å². The molecule has 0 aromatic heterocycles. The van der Waals surface area contributed by atoms with Gasteiger partial charge in [0.1, 0.15) is 11.9 Å². The molecule has 6 heteroatoms. The summed E-state index contributed by atoms with van der Waals surface area (Å²) in [4.78, 5) is 26.9. The lowest BCUT2D eigenvalue weighted by Crippen LogP contribution is -2.48. The van der Waals surface area contributed by atoms with E-state index in [0.717, 1.165) is 12.0 Å². The van der Waals surface area contributed by atoms with E-state index >= 15 is 0 Å². The molecule has 1 N–H and O–H groups in total. The molecule has 0 unspecified atom stereocenters. The molecule has 2 aromatic rings. The Morgan fingerprint density at radius 2 is 1.67 bits per heavy atom. The van der Waals surface area contributed by atoms with E-state index in [0.29, 0.717) is 17.1 Å². The van der Waals surface area contributed by atoms with Gasteiger partial charge in [0.15, 0.2) is 0 Å². The molecule has 0 spiro atoms. The monoisotopic (exact) mass is 390 g/mol. The second-order valence-corrected chi connectivity index (χ2v) is 6.85. The molecule has 144 valence electrons. The van der Waals surface area contributed by atoms with E-state index in [4.69, 9.17) is 11.6 Å².